The number of carbonyl (C=O) groups is 1. The smallest absolute Gasteiger partial charge is 0.139 e. The van der Waals surface area contributed by atoms with Crippen LogP contribution in [0.4, 0.5) is 0 Å². The molecule has 0 aromatic rings. The predicted octanol–water partition coefficient (Wildman–Crippen LogP) is 3.94. The fraction of sp³-hybridized carbons (Fsp3) is 0.917. The summed E-state index contributed by atoms with van der Waals surface area (Å²) in [5.41, 5.74) is 0.137. The number of nitrogens with zero attached hydrogens (tertiary/aromatic N) is 1. The van der Waals surface area contributed by atoms with Gasteiger partial charge in [-0.2, -0.15) is 0 Å². The van der Waals surface area contributed by atoms with Gasteiger partial charge in [0.1, 0.15) is 12.4 Å². The Hall–Kier alpha value is -0.940. The van der Waals surface area contributed by atoms with Gasteiger partial charge in [-0.15, -0.1) is 0 Å². The van der Waals surface area contributed by atoms with Crippen molar-refractivity contribution in [2.45, 2.75) is 84.2 Å². The number of oxime groups is 1. The summed E-state index contributed by atoms with van der Waals surface area (Å²) in [6, 6.07) is 0. The Labute approximate surface area is 176 Å². The van der Waals surface area contributed by atoms with E-state index in [1.807, 2.05) is 7.05 Å². The average molecular weight is 405 g/mol. The van der Waals surface area contributed by atoms with Gasteiger partial charge in [0.15, 0.2) is 0 Å². The molecule has 0 spiro atoms. The second-order valence-corrected chi connectivity index (χ2v) is 11.0. The highest BCUT2D eigenvalue weighted by atomic mass is 16.6. The van der Waals surface area contributed by atoms with Crippen molar-refractivity contribution in [3.05, 3.63) is 0 Å². The molecule has 7 atom stereocenters. The Morgan fingerprint density at radius 1 is 1.21 bits per heavy atom. The zero-order valence-electron chi connectivity index (χ0n) is 18.8. The van der Waals surface area contributed by atoms with Crippen LogP contribution in [0.15, 0.2) is 5.16 Å². The van der Waals surface area contributed by atoms with Gasteiger partial charge in [0.2, 0.25) is 0 Å². The Bertz CT molecular complexity index is 679. The van der Waals surface area contributed by atoms with Gasteiger partial charge in [-0.05, 0) is 82.2 Å². The van der Waals surface area contributed by atoms with Gasteiger partial charge >= 0.3 is 0 Å². The Balaban J connectivity index is 1.52. The standard InChI is InChI=1S/C24H40N2O3/c1-16-14-24(28)15-17(26-29-13-5-12-25-4)8-11-23(24,3)19-9-10-22(2)18(21(16)19)6-7-20(22)27/h16,18-19,21,25,28H,5-15H2,1-4H3/t16-,18+,19+,21+,22+,23-,24-/m1/s1. The third-order valence-electron chi connectivity index (χ3n) is 9.53. The van der Waals surface area contributed by atoms with Crippen molar-refractivity contribution >= 4 is 11.5 Å². The SMILES string of the molecule is CNCCCON=C1CC[C@]2(C)[C@H]3CC[C@]4(C)C(=O)CC[C@H]4[C@@H]3[C@H](C)C[C@@]2(O)C1. The second kappa shape index (κ2) is 7.64. The molecule has 0 saturated heterocycles. The first-order valence-electron chi connectivity index (χ1n) is 11.8. The van der Waals surface area contributed by atoms with Crippen LogP contribution in [-0.4, -0.2) is 42.4 Å². The van der Waals surface area contributed by atoms with Crippen LogP contribution in [0.1, 0.15) is 78.6 Å². The Morgan fingerprint density at radius 3 is 2.76 bits per heavy atom. The Morgan fingerprint density at radius 2 is 2.00 bits per heavy atom. The first-order chi connectivity index (χ1) is 13.7. The molecule has 0 unspecified atom stereocenters. The van der Waals surface area contributed by atoms with Gasteiger partial charge in [0.25, 0.3) is 0 Å². The molecule has 0 amide bonds. The summed E-state index contributed by atoms with van der Waals surface area (Å²) in [6.45, 7) is 8.44. The molecule has 2 N–H and O–H groups in total. The number of hydrogen-bond donors (Lipinski definition) is 2. The maximum Gasteiger partial charge on any atom is 0.139 e. The van der Waals surface area contributed by atoms with Crippen LogP contribution in [0.3, 0.4) is 0 Å². The highest BCUT2D eigenvalue weighted by Gasteiger charge is 2.66. The van der Waals surface area contributed by atoms with E-state index in [9.17, 15) is 9.90 Å². The highest BCUT2D eigenvalue weighted by Crippen LogP contribution is 2.67. The summed E-state index contributed by atoms with van der Waals surface area (Å²) in [5.74, 6) is 2.54. The quantitative estimate of drug-likeness (QED) is 0.538. The lowest BCUT2D eigenvalue weighted by atomic mass is 9.41. The molecule has 5 heteroatoms. The minimum absolute atomic E-state index is 0.0811. The molecule has 4 aliphatic carbocycles. The molecule has 0 heterocycles. The molecule has 0 aliphatic heterocycles. The molecular formula is C24H40N2O3. The zero-order valence-corrected chi connectivity index (χ0v) is 18.8. The molecule has 0 radical (unpaired) electrons. The van der Waals surface area contributed by atoms with Crippen molar-refractivity contribution in [3.63, 3.8) is 0 Å². The number of fused-ring (bicyclic) bond motifs is 5. The lowest BCUT2D eigenvalue weighted by Crippen LogP contribution is -2.64. The molecular weight excluding hydrogens is 364 g/mol. The van der Waals surface area contributed by atoms with Gasteiger partial charge < -0.3 is 15.3 Å². The van der Waals surface area contributed by atoms with Crippen LogP contribution in [0.2, 0.25) is 0 Å². The van der Waals surface area contributed by atoms with Crippen molar-refractivity contribution < 1.29 is 14.7 Å². The molecule has 4 aliphatic rings. The molecule has 0 aromatic heterocycles. The minimum Gasteiger partial charge on any atom is -0.396 e. The fourth-order valence-electron chi connectivity index (χ4n) is 7.80. The van der Waals surface area contributed by atoms with Crippen molar-refractivity contribution in [1.82, 2.24) is 5.32 Å². The van der Waals surface area contributed by atoms with Crippen LogP contribution in [0.25, 0.3) is 0 Å². The molecule has 164 valence electrons. The predicted molar refractivity (Wildman–Crippen MR) is 115 cm³/mol. The van der Waals surface area contributed by atoms with E-state index in [-0.39, 0.29) is 10.8 Å². The maximum absolute atomic E-state index is 12.7. The molecule has 4 rings (SSSR count). The van der Waals surface area contributed by atoms with Crippen LogP contribution < -0.4 is 5.32 Å². The first kappa shape index (κ1) is 21.3. The minimum atomic E-state index is -0.699. The summed E-state index contributed by atoms with van der Waals surface area (Å²) < 4.78 is 0. The van der Waals surface area contributed by atoms with Gasteiger partial charge in [-0.3, -0.25) is 4.79 Å². The van der Waals surface area contributed by atoms with Crippen molar-refractivity contribution in [3.8, 4) is 0 Å². The summed E-state index contributed by atoms with van der Waals surface area (Å²) in [6.07, 6.45) is 8.22. The van der Waals surface area contributed by atoms with E-state index in [0.717, 1.165) is 63.6 Å². The van der Waals surface area contributed by atoms with E-state index < -0.39 is 5.60 Å². The fourth-order valence-corrected chi connectivity index (χ4v) is 7.80. The number of aliphatic hydroxyl groups is 1. The van der Waals surface area contributed by atoms with E-state index in [1.54, 1.807) is 0 Å². The van der Waals surface area contributed by atoms with Crippen molar-refractivity contribution in [1.29, 1.82) is 0 Å². The van der Waals surface area contributed by atoms with E-state index in [4.69, 9.17) is 4.84 Å². The monoisotopic (exact) mass is 404 g/mol. The van der Waals surface area contributed by atoms with E-state index in [1.165, 1.54) is 0 Å². The lowest BCUT2D eigenvalue weighted by molar-refractivity contribution is -0.206. The molecule has 4 saturated carbocycles. The highest BCUT2D eigenvalue weighted by molar-refractivity contribution is 5.87. The summed E-state index contributed by atoms with van der Waals surface area (Å²) in [4.78, 5) is 18.2. The topological polar surface area (TPSA) is 70.9 Å². The van der Waals surface area contributed by atoms with E-state index in [0.29, 0.717) is 42.5 Å². The number of nitrogens with one attached hydrogen (secondary N) is 1. The Kier molecular flexibility index (Phi) is 5.61. The summed E-state index contributed by atoms with van der Waals surface area (Å²) >= 11 is 0. The van der Waals surface area contributed by atoms with Crippen LogP contribution in [0.5, 0.6) is 0 Å². The maximum atomic E-state index is 12.7. The number of hydrogen-bond acceptors (Lipinski definition) is 5. The number of Topliss-reactive ketones (excluding diaryl/α,β-unsaturated/α-hetero) is 1. The zero-order chi connectivity index (χ0) is 20.9. The summed E-state index contributed by atoms with van der Waals surface area (Å²) in [5, 5.41) is 19.4. The molecule has 5 nitrogen and oxygen atoms in total. The number of carbonyl (C=O) groups excluding carboxylic acids is 1. The molecule has 0 aromatic carbocycles. The number of ketones is 1. The normalized spacial score (nSPS) is 48.2. The molecule has 4 fully saturated rings. The third-order valence-corrected chi connectivity index (χ3v) is 9.53. The van der Waals surface area contributed by atoms with Gasteiger partial charge in [0, 0.05) is 23.7 Å². The van der Waals surface area contributed by atoms with Gasteiger partial charge in [-0.25, -0.2) is 0 Å². The average Bonchev–Trinajstić information content (AvgIpc) is 2.98. The first-order valence-corrected chi connectivity index (χ1v) is 11.8. The van der Waals surface area contributed by atoms with Gasteiger partial charge in [-0.1, -0.05) is 25.9 Å². The lowest BCUT2D eigenvalue weighted by Gasteiger charge is -2.64. The summed E-state index contributed by atoms with van der Waals surface area (Å²) in [7, 11) is 1.94. The largest absolute Gasteiger partial charge is 0.396 e. The van der Waals surface area contributed by atoms with Gasteiger partial charge in [0.05, 0.1) is 11.3 Å². The molecule has 29 heavy (non-hydrogen) atoms. The number of rotatable bonds is 5. The molecule has 0 bridgehead atoms. The van der Waals surface area contributed by atoms with Crippen LogP contribution in [0, 0.1) is 34.5 Å². The van der Waals surface area contributed by atoms with Crippen LogP contribution >= 0.6 is 0 Å². The van der Waals surface area contributed by atoms with E-state index >= 15 is 0 Å². The van der Waals surface area contributed by atoms with Crippen molar-refractivity contribution in [2.24, 2.45) is 39.7 Å². The van der Waals surface area contributed by atoms with E-state index in [2.05, 4.69) is 31.2 Å². The van der Waals surface area contributed by atoms with Crippen molar-refractivity contribution in [2.75, 3.05) is 20.2 Å². The van der Waals surface area contributed by atoms with Crippen LogP contribution in [-0.2, 0) is 9.63 Å². The third kappa shape index (κ3) is 3.27. The second-order valence-electron chi connectivity index (χ2n) is 11.0.